The molecule has 5 heteroatoms. The topological polar surface area (TPSA) is 57.5 Å². The molecule has 2 N–H and O–H groups in total. The van der Waals surface area contributed by atoms with Gasteiger partial charge >= 0.3 is 0 Å². The van der Waals surface area contributed by atoms with Crippen LogP contribution in [0.15, 0.2) is 174 Å². The quantitative estimate of drug-likeness (QED) is 0.193. The van der Waals surface area contributed by atoms with Crippen LogP contribution in [0.1, 0.15) is 17.5 Å². The smallest absolute Gasteiger partial charge is 0.159 e. The van der Waals surface area contributed by atoms with Gasteiger partial charge in [0.25, 0.3) is 0 Å². The third kappa shape index (κ3) is 4.78. The van der Waals surface area contributed by atoms with E-state index in [1.807, 2.05) is 6.07 Å². The molecule has 2 aliphatic rings. The van der Waals surface area contributed by atoms with E-state index in [2.05, 4.69) is 173 Å². The summed E-state index contributed by atoms with van der Waals surface area (Å²) >= 11 is 0. The predicted octanol–water partition coefficient (Wildman–Crippen LogP) is 10.3. The minimum Gasteiger partial charge on any atom is -0.355 e. The second-order valence-electron chi connectivity index (χ2n) is 13.1. The molecular formula is C45H33N5. The third-order valence-electron chi connectivity index (χ3n) is 10.1. The molecule has 1 aliphatic heterocycles. The monoisotopic (exact) mass is 643 g/mol. The molecule has 10 rings (SSSR count). The van der Waals surface area contributed by atoms with Gasteiger partial charge in [0, 0.05) is 55.3 Å². The van der Waals surface area contributed by atoms with E-state index < -0.39 is 0 Å². The van der Waals surface area contributed by atoms with E-state index in [1.54, 1.807) is 0 Å². The molecule has 238 valence electrons. The van der Waals surface area contributed by atoms with Gasteiger partial charge in [0.2, 0.25) is 0 Å². The van der Waals surface area contributed by atoms with Crippen molar-refractivity contribution in [2.75, 3.05) is 0 Å². The molecule has 0 radical (unpaired) electrons. The summed E-state index contributed by atoms with van der Waals surface area (Å²) in [7, 11) is 0. The van der Waals surface area contributed by atoms with Crippen molar-refractivity contribution in [3.63, 3.8) is 0 Å². The van der Waals surface area contributed by atoms with Crippen LogP contribution in [0.3, 0.4) is 0 Å². The van der Waals surface area contributed by atoms with E-state index in [0.29, 0.717) is 0 Å². The third-order valence-corrected chi connectivity index (χ3v) is 10.1. The highest BCUT2D eigenvalue weighted by atomic mass is 15.2. The van der Waals surface area contributed by atoms with Crippen molar-refractivity contribution in [3.8, 4) is 16.8 Å². The highest BCUT2D eigenvalue weighted by Crippen LogP contribution is 2.36. The van der Waals surface area contributed by atoms with Gasteiger partial charge in [0.15, 0.2) is 5.84 Å². The maximum Gasteiger partial charge on any atom is 0.159 e. The zero-order valence-electron chi connectivity index (χ0n) is 27.3. The van der Waals surface area contributed by atoms with Crippen LogP contribution in [0.4, 0.5) is 0 Å². The Morgan fingerprint density at radius 1 is 0.560 bits per heavy atom. The summed E-state index contributed by atoms with van der Waals surface area (Å²) in [6.07, 6.45) is 9.52. The van der Waals surface area contributed by atoms with Gasteiger partial charge in [0.1, 0.15) is 12.0 Å². The first kappa shape index (κ1) is 28.5. The van der Waals surface area contributed by atoms with Crippen LogP contribution in [-0.2, 0) is 0 Å². The first-order valence-corrected chi connectivity index (χ1v) is 17.2. The Balaban J connectivity index is 1.05. The summed E-state index contributed by atoms with van der Waals surface area (Å²) in [5.41, 5.74) is 10.3. The Morgan fingerprint density at radius 3 is 2.10 bits per heavy atom. The van der Waals surface area contributed by atoms with Gasteiger partial charge in [-0.2, -0.15) is 0 Å². The van der Waals surface area contributed by atoms with Crippen molar-refractivity contribution >= 4 is 55.3 Å². The van der Waals surface area contributed by atoms with Crippen molar-refractivity contribution in [3.05, 3.63) is 175 Å². The summed E-state index contributed by atoms with van der Waals surface area (Å²) < 4.78 is 2.37. The van der Waals surface area contributed by atoms with Crippen molar-refractivity contribution in [2.24, 2.45) is 15.9 Å². The maximum absolute atomic E-state index is 5.14. The first-order chi connectivity index (χ1) is 24.8. The Hall–Kier alpha value is -6.46. The fraction of sp³-hybridized carbons (Fsp3) is 0.0667. The molecule has 6 aromatic carbocycles. The summed E-state index contributed by atoms with van der Waals surface area (Å²) in [6.45, 7) is 0. The van der Waals surface area contributed by atoms with E-state index in [9.17, 15) is 0 Å². The second-order valence-corrected chi connectivity index (χ2v) is 13.1. The van der Waals surface area contributed by atoms with Crippen molar-refractivity contribution in [1.82, 2.24) is 14.9 Å². The minimum absolute atomic E-state index is 0.0956. The summed E-state index contributed by atoms with van der Waals surface area (Å²) in [5, 5.41) is 8.59. The Morgan fingerprint density at radius 2 is 1.26 bits per heavy atom. The van der Waals surface area contributed by atoms with Crippen molar-refractivity contribution in [2.45, 2.75) is 12.6 Å². The van der Waals surface area contributed by atoms with E-state index in [-0.39, 0.29) is 12.1 Å². The molecule has 0 saturated heterocycles. The number of hydrogen-bond donors (Lipinski definition) is 2. The number of aromatic amines is 1. The fourth-order valence-corrected chi connectivity index (χ4v) is 7.61. The Kier molecular flexibility index (Phi) is 6.62. The number of amidine groups is 2. The molecule has 0 amide bonds. The molecule has 0 fully saturated rings. The Labute approximate surface area is 289 Å². The lowest BCUT2D eigenvalue weighted by Gasteiger charge is -2.28. The van der Waals surface area contributed by atoms with Gasteiger partial charge in [0.05, 0.1) is 11.0 Å². The summed E-state index contributed by atoms with van der Waals surface area (Å²) in [4.78, 5) is 13.7. The zero-order chi connectivity index (χ0) is 33.0. The second kappa shape index (κ2) is 11.6. The molecule has 1 aliphatic carbocycles. The standard InChI is InChI=1S/C45H33N5/c1-3-11-29(12-4-1)43-47-44(30-13-5-2-6-14-30)49-45(48-43)31-19-23-34(24-20-31)50-41-18-10-8-16-36(41)38-28-33(22-26-42(38)50)32-21-25-40-37(27-32)35-15-7-9-17-39(35)46-40/h1-13,15-28,30,44,46H,14H2,(H,47,48,49). The van der Waals surface area contributed by atoms with Gasteiger partial charge in [-0.1, -0.05) is 103 Å². The largest absolute Gasteiger partial charge is 0.355 e. The molecule has 8 aromatic rings. The molecule has 0 saturated carbocycles. The number of allylic oxidation sites excluding steroid dienone is 3. The first-order valence-electron chi connectivity index (χ1n) is 17.2. The average Bonchev–Trinajstić information content (AvgIpc) is 3.73. The molecular weight excluding hydrogens is 611 g/mol. The predicted molar refractivity (Wildman–Crippen MR) is 208 cm³/mol. The van der Waals surface area contributed by atoms with Gasteiger partial charge in [-0.15, -0.1) is 0 Å². The van der Waals surface area contributed by atoms with Crippen LogP contribution in [0.2, 0.25) is 0 Å². The molecule has 2 unspecified atom stereocenters. The zero-order valence-corrected chi connectivity index (χ0v) is 27.3. The number of benzene rings is 6. The number of nitrogens with one attached hydrogen (secondary N) is 2. The maximum atomic E-state index is 5.14. The SMILES string of the molecule is C1=CCC(C2N=C(c3ccc(-n4c5ccccc5c5cc(-c6ccc7[nH]c8ccccc8c7c6)ccc54)cc3)N=C(c3ccccc3)N2)C=C1. The molecule has 2 aromatic heterocycles. The summed E-state index contributed by atoms with van der Waals surface area (Å²) in [5.74, 6) is 1.87. The van der Waals surface area contributed by atoms with E-state index in [4.69, 9.17) is 9.98 Å². The van der Waals surface area contributed by atoms with Crippen LogP contribution < -0.4 is 5.32 Å². The number of aromatic nitrogens is 2. The number of para-hydroxylation sites is 2. The van der Waals surface area contributed by atoms with Crippen molar-refractivity contribution < 1.29 is 0 Å². The van der Waals surface area contributed by atoms with Crippen molar-refractivity contribution in [1.29, 1.82) is 0 Å². The van der Waals surface area contributed by atoms with Crippen LogP contribution >= 0.6 is 0 Å². The van der Waals surface area contributed by atoms with E-state index in [1.165, 1.54) is 49.2 Å². The molecule has 50 heavy (non-hydrogen) atoms. The molecule has 5 nitrogen and oxygen atoms in total. The number of nitrogens with zero attached hydrogens (tertiary/aromatic N) is 3. The lowest BCUT2D eigenvalue weighted by Crippen LogP contribution is -2.43. The van der Waals surface area contributed by atoms with E-state index in [0.717, 1.165) is 40.4 Å². The lowest BCUT2D eigenvalue weighted by atomic mass is 9.96. The van der Waals surface area contributed by atoms with Crippen LogP contribution in [0.5, 0.6) is 0 Å². The van der Waals surface area contributed by atoms with Gasteiger partial charge in [-0.25, -0.2) is 9.98 Å². The number of fused-ring (bicyclic) bond motifs is 6. The van der Waals surface area contributed by atoms with Gasteiger partial charge < -0.3 is 14.9 Å². The minimum atomic E-state index is -0.0956. The van der Waals surface area contributed by atoms with Crippen LogP contribution in [0.25, 0.3) is 60.4 Å². The van der Waals surface area contributed by atoms with Crippen LogP contribution in [0, 0.1) is 5.92 Å². The number of H-pyrrole nitrogens is 1. The molecule has 3 heterocycles. The van der Waals surface area contributed by atoms with Crippen LogP contribution in [-0.4, -0.2) is 27.4 Å². The Bertz CT molecular complexity index is 2700. The van der Waals surface area contributed by atoms with E-state index >= 15 is 0 Å². The average molecular weight is 644 g/mol. The normalized spacial score (nSPS) is 17.4. The highest BCUT2D eigenvalue weighted by molar-refractivity contribution is 6.14. The fourth-order valence-electron chi connectivity index (χ4n) is 7.61. The number of rotatable bonds is 5. The highest BCUT2D eigenvalue weighted by Gasteiger charge is 2.25. The molecule has 2 atom stereocenters. The number of aliphatic imine (C=N–C) groups is 2. The number of hydrogen-bond acceptors (Lipinski definition) is 3. The lowest BCUT2D eigenvalue weighted by molar-refractivity contribution is 0.475. The molecule has 0 bridgehead atoms. The van der Waals surface area contributed by atoms with Gasteiger partial charge in [-0.3, -0.25) is 0 Å². The summed E-state index contributed by atoms with van der Waals surface area (Å²) in [6, 6.07) is 49.8. The van der Waals surface area contributed by atoms with Gasteiger partial charge in [-0.05, 0) is 78.2 Å². The molecule has 0 spiro atoms.